The molecule has 0 saturated heterocycles. The standard InChI is InChI=1S/C35H37ClF7N9O5S/c1-5-21(23-14-46-50(15-23)30(39)40)7-6-20(3)34(13-19(2)17-58(4,55)56)29(53)51(31(44)48-34)26(16-57-32(54)49-33(10-11-33)35(41,42)43)22-8-9-24(36)25(12-22)52-28(27(37)38)45-18-47-52/h5-9,12,14-15,18-19,26-27,30H,3,10-11,13,16-17H2,1-2,4H3,(H2,44,48)(H,49,54)/b7-6-,21-5+/t19?,26-,34-/m1/s1. The Hall–Kier alpha value is -5.25. The smallest absolute Gasteiger partial charge is 0.411 e. The number of nitrogens with two attached hydrogens (primary N) is 1. The summed E-state index contributed by atoms with van der Waals surface area (Å²) < 4.78 is 126. The van der Waals surface area contributed by atoms with Gasteiger partial charge in [-0.1, -0.05) is 49.4 Å². The number of ether oxygens (including phenoxy) is 1. The zero-order valence-corrected chi connectivity index (χ0v) is 32.5. The Labute approximate surface area is 332 Å². The summed E-state index contributed by atoms with van der Waals surface area (Å²) in [7, 11) is -3.63. The number of aliphatic imine (C=N–C) groups is 1. The number of halogens is 8. The quantitative estimate of drug-likeness (QED) is 0.120. The van der Waals surface area contributed by atoms with Gasteiger partial charge < -0.3 is 15.8 Å². The predicted octanol–water partition coefficient (Wildman–Crippen LogP) is 6.49. The fourth-order valence-electron chi connectivity index (χ4n) is 6.53. The van der Waals surface area contributed by atoms with Gasteiger partial charge in [0, 0.05) is 18.0 Å². The summed E-state index contributed by atoms with van der Waals surface area (Å²) in [5, 5.41) is 9.14. The number of sulfone groups is 1. The number of aromatic nitrogens is 5. The summed E-state index contributed by atoms with van der Waals surface area (Å²) in [6, 6.07) is 2.22. The average Bonchev–Trinajstić information content (AvgIpc) is 3.43. The molecular formula is C35H37ClF7N9O5S. The molecule has 1 aliphatic heterocycles. The summed E-state index contributed by atoms with van der Waals surface area (Å²) in [5.74, 6) is -3.48. The van der Waals surface area contributed by atoms with Crippen LogP contribution in [0.25, 0.3) is 11.3 Å². The fraction of sp³-hybridized carbons (Fsp3) is 0.429. The summed E-state index contributed by atoms with van der Waals surface area (Å²) >= 11 is 6.39. The highest BCUT2D eigenvalue weighted by molar-refractivity contribution is 7.90. The van der Waals surface area contributed by atoms with Crippen molar-refractivity contribution in [3.8, 4) is 5.69 Å². The molecule has 314 valence electrons. The maximum absolute atomic E-state index is 14.9. The van der Waals surface area contributed by atoms with Crippen molar-refractivity contribution in [3.05, 3.63) is 89.3 Å². The highest BCUT2D eigenvalue weighted by Crippen LogP contribution is 2.49. The Morgan fingerprint density at radius 3 is 2.43 bits per heavy atom. The van der Waals surface area contributed by atoms with E-state index in [1.807, 2.05) is 5.32 Å². The van der Waals surface area contributed by atoms with E-state index in [4.69, 9.17) is 22.1 Å². The van der Waals surface area contributed by atoms with Crippen LogP contribution in [0.15, 0.2) is 72.3 Å². The Morgan fingerprint density at radius 2 is 1.86 bits per heavy atom. The van der Waals surface area contributed by atoms with Crippen LogP contribution in [-0.2, 0) is 19.4 Å². The third-order valence-corrected chi connectivity index (χ3v) is 11.0. The first kappa shape index (κ1) is 43.9. The van der Waals surface area contributed by atoms with E-state index in [-0.39, 0.29) is 33.8 Å². The van der Waals surface area contributed by atoms with Gasteiger partial charge in [-0.2, -0.15) is 32.1 Å². The molecule has 1 aromatic carbocycles. The van der Waals surface area contributed by atoms with E-state index in [1.54, 1.807) is 13.0 Å². The van der Waals surface area contributed by atoms with Gasteiger partial charge in [0.15, 0.2) is 17.3 Å². The first-order chi connectivity index (χ1) is 27.0. The van der Waals surface area contributed by atoms with Gasteiger partial charge in [0.25, 0.3) is 12.3 Å². The van der Waals surface area contributed by atoms with Gasteiger partial charge in [-0.05, 0) is 60.9 Å². The number of hydrogen-bond acceptors (Lipinski definition) is 10. The van der Waals surface area contributed by atoms with Crippen molar-refractivity contribution in [3.63, 3.8) is 0 Å². The normalized spacial score (nSPS) is 19.5. The zero-order valence-electron chi connectivity index (χ0n) is 30.9. The summed E-state index contributed by atoms with van der Waals surface area (Å²) in [6.45, 7) is 3.38. The number of hydrogen-bond donors (Lipinski definition) is 2. The number of rotatable bonds is 16. The fourth-order valence-corrected chi connectivity index (χ4v) is 7.88. The second-order valence-electron chi connectivity index (χ2n) is 13.9. The van der Waals surface area contributed by atoms with E-state index >= 15 is 0 Å². The number of carbonyl (C=O) groups is 2. The van der Waals surface area contributed by atoms with Crippen LogP contribution in [0, 0.1) is 5.92 Å². The SMILES string of the molecule is C=C(/C=C\C(=C/C)c1cnn(C(F)F)c1)[C@@]1(CC(C)CS(C)(=O)=O)N=C(N)N([C@H](COC(=O)NC2(C(F)(F)F)CC2)c2ccc(Cl)c(-n3ncnc3C(F)F)c2)C1=O. The number of guanidine groups is 1. The molecule has 0 bridgehead atoms. The third kappa shape index (κ3) is 9.22. The molecule has 1 fully saturated rings. The van der Waals surface area contributed by atoms with Crippen LogP contribution in [0.4, 0.5) is 35.5 Å². The van der Waals surface area contributed by atoms with Gasteiger partial charge >= 0.3 is 18.8 Å². The molecule has 1 aliphatic carbocycles. The minimum Gasteiger partial charge on any atom is -0.447 e. The lowest BCUT2D eigenvalue weighted by Crippen LogP contribution is -2.50. The average molecular weight is 864 g/mol. The number of alkyl carbamates (subject to hydrolysis) is 1. The van der Waals surface area contributed by atoms with Gasteiger partial charge in [0.05, 0.1) is 28.7 Å². The minimum atomic E-state index is -4.80. The van der Waals surface area contributed by atoms with Crippen molar-refractivity contribution < 1.29 is 53.5 Å². The summed E-state index contributed by atoms with van der Waals surface area (Å²) in [4.78, 5) is 36.7. The van der Waals surface area contributed by atoms with Crippen molar-refractivity contribution in [2.45, 2.75) is 69.4 Å². The molecule has 5 rings (SSSR count). The number of alkyl halides is 7. The van der Waals surface area contributed by atoms with E-state index < -0.39 is 101 Å². The number of amides is 2. The van der Waals surface area contributed by atoms with Crippen molar-refractivity contribution in [2.75, 3.05) is 18.6 Å². The van der Waals surface area contributed by atoms with Crippen molar-refractivity contribution in [2.24, 2.45) is 16.6 Å². The van der Waals surface area contributed by atoms with Crippen LogP contribution in [0.3, 0.4) is 0 Å². The lowest BCUT2D eigenvalue weighted by Gasteiger charge is -2.33. The molecule has 23 heteroatoms. The molecule has 3 heterocycles. The lowest BCUT2D eigenvalue weighted by atomic mass is 9.81. The highest BCUT2D eigenvalue weighted by atomic mass is 35.5. The van der Waals surface area contributed by atoms with E-state index in [9.17, 15) is 48.7 Å². The second kappa shape index (κ2) is 16.5. The van der Waals surface area contributed by atoms with Crippen LogP contribution in [0.2, 0.25) is 5.02 Å². The number of benzene rings is 1. The summed E-state index contributed by atoms with van der Waals surface area (Å²) in [5.41, 5.74) is 2.27. The van der Waals surface area contributed by atoms with Crippen LogP contribution in [-0.4, -0.2) is 91.7 Å². The topological polar surface area (TPSA) is 180 Å². The monoisotopic (exact) mass is 863 g/mol. The number of nitrogens with zero attached hydrogens (tertiary/aromatic N) is 7. The molecule has 0 radical (unpaired) electrons. The van der Waals surface area contributed by atoms with E-state index in [2.05, 4.69) is 26.8 Å². The van der Waals surface area contributed by atoms with Gasteiger partial charge in [0.1, 0.15) is 28.3 Å². The molecule has 14 nitrogen and oxygen atoms in total. The maximum atomic E-state index is 14.9. The van der Waals surface area contributed by atoms with Crippen LogP contribution >= 0.6 is 11.6 Å². The molecule has 2 aromatic heterocycles. The van der Waals surface area contributed by atoms with E-state index in [0.29, 0.717) is 10.3 Å². The van der Waals surface area contributed by atoms with Crippen molar-refractivity contribution >= 4 is 45.0 Å². The van der Waals surface area contributed by atoms with Gasteiger partial charge in [-0.15, -0.1) is 0 Å². The summed E-state index contributed by atoms with van der Waals surface area (Å²) in [6.07, 6.45) is -2.11. The Balaban J connectivity index is 1.58. The van der Waals surface area contributed by atoms with Crippen molar-refractivity contribution in [1.82, 2.24) is 34.8 Å². The molecule has 2 amide bonds. The molecule has 2 aliphatic rings. The van der Waals surface area contributed by atoms with Gasteiger partial charge in [-0.3, -0.25) is 9.69 Å². The first-order valence-electron chi connectivity index (χ1n) is 17.2. The molecule has 1 saturated carbocycles. The molecule has 3 aromatic rings. The Bertz CT molecular complexity index is 2270. The molecule has 58 heavy (non-hydrogen) atoms. The van der Waals surface area contributed by atoms with Crippen LogP contribution in [0.5, 0.6) is 0 Å². The number of allylic oxidation sites excluding steroid dienone is 3. The molecule has 3 atom stereocenters. The Morgan fingerprint density at radius 1 is 1.17 bits per heavy atom. The first-order valence-corrected chi connectivity index (χ1v) is 19.7. The molecule has 0 spiro atoms. The van der Waals surface area contributed by atoms with Crippen LogP contribution in [0.1, 0.15) is 69.1 Å². The van der Waals surface area contributed by atoms with E-state index in [0.717, 1.165) is 28.4 Å². The maximum Gasteiger partial charge on any atom is 0.411 e. The van der Waals surface area contributed by atoms with Gasteiger partial charge in [0.2, 0.25) is 0 Å². The largest absolute Gasteiger partial charge is 0.447 e. The van der Waals surface area contributed by atoms with E-state index in [1.165, 1.54) is 43.5 Å². The number of nitrogens with one attached hydrogen (secondary N) is 1. The second-order valence-corrected chi connectivity index (χ2v) is 16.4. The highest BCUT2D eigenvalue weighted by Gasteiger charge is 2.64. The van der Waals surface area contributed by atoms with Gasteiger partial charge in [-0.25, -0.2) is 41.3 Å². The minimum absolute atomic E-state index is 0.000226. The predicted molar refractivity (Wildman–Crippen MR) is 197 cm³/mol. The number of carbonyl (C=O) groups excluding carboxylic acids is 2. The third-order valence-electron chi connectivity index (χ3n) is 9.47. The zero-order chi connectivity index (χ0) is 43.0. The van der Waals surface area contributed by atoms with Crippen LogP contribution < -0.4 is 11.1 Å². The molecule has 1 unspecified atom stereocenters. The Kier molecular flexibility index (Phi) is 12.5. The molecular weight excluding hydrogens is 827 g/mol. The lowest BCUT2D eigenvalue weighted by molar-refractivity contribution is -0.164. The molecule has 3 N–H and O–H groups in total. The van der Waals surface area contributed by atoms with Crippen molar-refractivity contribution in [1.29, 1.82) is 0 Å².